The van der Waals surface area contributed by atoms with Gasteiger partial charge in [0.2, 0.25) is 0 Å². The standard InChI is InChI=1S/C17H21N/c1-17(13-8-14-18,15-9-4-2-5-10-15)16-11-6-3-7-12-16/h2-7,9-12H,8,13-14,18H2,1H3. The molecular formula is C17H21N. The highest BCUT2D eigenvalue weighted by molar-refractivity contribution is 5.38. The van der Waals surface area contributed by atoms with Gasteiger partial charge in [-0.1, -0.05) is 67.6 Å². The Morgan fingerprint density at radius 2 is 1.28 bits per heavy atom. The molecule has 94 valence electrons. The van der Waals surface area contributed by atoms with Gasteiger partial charge in [0.25, 0.3) is 0 Å². The van der Waals surface area contributed by atoms with Crippen LogP contribution in [0.3, 0.4) is 0 Å². The minimum absolute atomic E-state index is 0.0574. The van der Waals surface area contributed by atoms with Crippen LogP contribution in [0.2, 0.25) is 0 Å². The summed E-state index contributed by atoms with van der Waals surface area (Å²) in [6.07, 6.45) is 2.12. The van der Waals surface area contributed by atoms with Gasteiger partial charge in [-0.15, -0.1) is 0 Å². The maximum Gasteiger partial charge on any atom is 0.0175 e. The van der Waals surface area contributed by atoms with Crippen molar-refractivity contribution in [2.45, 2.75) is 25.2 Å². The van der Waals surface area contributed by atoms with E-state index in [4.69, 9.17) is 5.73 Å². The molecule has 0 saturated heterocycles. The molecule has 0 radical (unpaired) electrons. The Balaban J connectivity index is 2.41. The quantitative estimate of drug-likeness (QED) is 0.845. The average molecular weight is 239 g/mol. The summed E-state index contributed by atoms with van der Waals surface area (Å²) < 4.78 is 0. The van der Waals surface area contributed by atoms with E-state index in [9.17, 15) is 0 Å². The topological polar surface area (TPSA) is 26.0 Å². The van der Waals surface area contributed by atoms with Gasteiger partial charge in [-0.25, -0.2) is 0 Å². The lowest BCUT2D eigenvalue weighted by Crippen LogP contribution is -2.24. The minimum Gasteiger partial charge on any atom is -0.330 e. The summed E-state index contributed by atoms with van der Waals surface area (Å²) in [5.41, 5.74) is 8.48. The Morgan fingerprint density at radius 1 is 0.833 bits per heavy atom. The summed E-state index contributed by atoms with van der Waals surface area (Å²) >= 11 is 0. The molecule has 0 bridgehead atoms. The number of benzene rings is 2. The van der Waals surface area contributed by atoms with Gasteiger partial charge in [0.1, 0.15) is 0 Å². The highest BCUT2D eigenvalue weighted by Gasteiger charge is 2.27. The second-order valence-electron chi connectivity index (χ2n) is 4.96. The summed E-state index contributed by atoms with van der Waals surface area (Å²) in [6, 6.07) is 21.4. The van der Waals surface area contributed by atoms with Crippen LogP contribution < -0.4 is 5.73 Å². The Morgan fingerprint density at radius 3 is 1.67 bits per heavy atom. The van der Waals surface area contributed by atoms with Crippen LogP contribution in [-0.4, -0.2) is 6.54 Å². The first-order chi connectivity index (χ1) is 8.77. The van der Waals surface area contributed by atoms with Crippen LogP contribution in [-0.2, 0) is 5.41 Å². The maximum atomic E-state index is 5.69. The average Bonchev–Trinajstić information content (AvgIpc) is 2.46. The molecule has 0 aliphatic carbocycles. The van der Waals surface area contributed by atoms with Crippen molar-refractivity contribution in [3.63, 3.8) is 0 Å². The lowest BCUT2D eigenvalue weighted by Gasteiger charge is -2.31. The summed E-state index contributed by atoms with van der Waals surface area (Å²) in [7, 11) is 0. The molecule has 1 nitrogen and oxygen atoms in total. The molecule has 2 aromatic rings. The molecule has 0 amide bonds. The molecule has 0 fully saturated rings. The van der Waals surface area contributed by atoms with Crippen LogP contribution in [0.15, 0.2) is 60.7 Å². The second kappa shape index (κ2) is 5.83. The van der Waals surface area contributed by atoms with Crippen LogP contribution in [0.25, 0.3) is 0 Å². The Hall–Kier alpha value is -1.60. The van der Waals surface area contributed by atoms with Gasteiger partial charge in [-0.05, 0) is 30.5 Å². The van der Waals surface area contributed by atoms with Crippen molar-refractivity contribution in [1.29, 1.82) is 0 Å². The Bertz CT molecular complexity index is 422. The molecule has 0 heterocycles. The van der Waals surface area contributed by atoms with E-state index in [1.807, 2.05) is 0 Å². The normalized spacial score (nSPS) is 11.4. The van der Waals surface area contributed by atoms with Crippen molar-refractivity contribution in [2.24, 2.45) is 5.73 Å². The first-order valence-electron chi connectivity index (χ1n) is 6.58. The van der Waals surface area contributed by atoms with Gasteiger partial charge >= 0.3 is 0 Å². The van der Waals surface area contributed by atoms with Gasteiger partial charge in [-0.3, -0.25) is 0 Å². The molecule has 0 aromatic heterocycles. The summed E-state index contributed by atoms with van der Waals surface area (Å²) in [4.78, 5) is 0. The lowest BCUT2D eigenvalue weighted by atomic mass is 9.73. The smallest absolute Gasteiger partial charge is 0.0175 e. The van der Waals surface area contributed by atoms with Gasteiger partial charge < -0.3 is 5.73 Å². The molecule has 0 atom stereocenters. The van der Waals surface area contributed by atoms with E-state index >= 15 is 0 Å². The summed E-state index contributed by atoms with van der Waals surface area (Å²) in [5.74, 6) is 0. The third-order valence-electron chi connectivity index (χ3n) is 3.70. The molecule has 0 aliphatic heterocycles. The number of hydrogen-bond donors (Lipinski definition) is 1. The van der Waals surface area contributed by atoms with Crippen molar-refractivity contribution in [3.8, 4) is 0 Å². The zero-order valence-electron chi connectivity index (χ0n) is 11.0. The fraction of sp³-hybridized carbons (Fsp3) is 0.294. The molecule has 0 saturated carbocycles. The van der Waals surface area contributed by atoms with Crippen LogP contribution in [0, 0.1) is 0 Å². The first kappa shape index (κ1) is 12.8. The van der Waals surface area contributed by atoms with E-state index in [1.54, 1.807) is 0 Å². The van der Waals surface area contributed by atoms with Crippen LogP contribution >= 0.6 is 0 Å². The minimum atomic E-state index is 0.0574. The summed E-state index contributed by atoms with van der Waals surface area (Å²) in [5, 5.41) is 0. The zero-order valence-corrected chi connectivity index (χ0v) is 11.0. The van der Waals surface area contributed by atoms with Crippen molar-refractivity contribution in [1.82, 2.24) is 0 Å². The largest absolute Gasteiger partial charge is 0.330 e. The van der Waals surface area contributed by atoms with Crippen molar-refractivity contribution >= 4 is 0 Å². The van der Waals surface area contributed by atoms with Gasteiger partial charge in [0.05, 0.1) is 0 Å². The van der Waals surface area contributed by atoms with E-state index in [-0.39, 0.29) is 5.41 Å². The van der Waals surface area contributed by atoms with Gasteiger partial charge in [0.15, 0.2) is 0 Å². The van der Waals surface area contributed by atoms with Crippen LogP contribution in [0.1, 0.15) is 30.9 Å². The highest BCUT2D eigenvalue weighted by Crippen LogP contribution is 2.35. The number of rotatable bonds is 5. The van der Waals surface area contributed by atoms with Gasteiger partial charge in [0, 0.05) is 5.41 Å². The van der Waals surface area contributed by atoms with E-state index in [0.717, 1.165) is 19.4 Å². The van der Waals surface area contributed by atoms with E-state index < -0.39 is 0 Å². The van der Waals surface area contributed by atoms with Crippen molar-refractivity contribution in [3.05, 3.63) is 71.8 Å². The predicted octanol–water partition coefficient (Wildman–Crippen LogP) is 3.73. The number of nitrogens with two attached hydrogens (primary N) is 1. The fourth-order valence-electron chi connectivity index (χ4n) is 2.52. The van der Waals surface area contributed by atoms with Crippen LogP contribution in [0.4, 0.5) is 0 Å². The second-order valence-corrected chi connectivity index (χ2v) is 4.96. The zero-order chi connectivity index (χ0) is 12.8. The van der Waals surface area contributed by atoms with Crippen molar-refractivity contribution in [2.75, 3.05) is 6.54 Å². The number of hydrogen-bond acceptors (Lipinski definition) is 1. The molecule has 1 heteroatoms. The van der Waals surface area contributed by atoms with Crippen molar-refractivity contribution < 1.29 is 0 Å². The fourth-order valence-corrected chi connectivity index (χ4v) is 2.52. The van der Waals surface area contributed by atoms with E-state index in [0.29, 0.717) is 0 Å². The SMILES string of the molecule is CC(CCCN)(c1ccccc1)c1ccccc1. The maximum absolute atomic E-state index is 5.69. The van der Waals surface area contributed by atoms with E-state index in [2.05, 4.69) is 67.6 Å². The highest BCUT2D eigenvalue weighted by atomic mass is 14.5. The molecule has 0 spiro atoms. The molecule has 2 aromatic carbocycles. The molecular weight excluding hydrogens is 218 g/mol. The summed E-state index contributed by atoms with van der Waals surface area (Å²) in [6.45, 7) is 3.06. The molecule has 0 unspecified atom stereocenters. The molecule has 2 rings (SSSR count). The lowest BCUT2D eigenvalue weighted by molar-refractivity contribution is 0.501. The third kappa shape index (κ3) is 2.62. The van der Waals surface area contributed by atoms with Gasteiger partial charge in [-0.2, -0.15) is 0 Å². The molecule has 0 aliphatic rings. The Labute approximate surface area is 110 Å². The first-order valence-corrected chi connectivity index (χ1v) is 6.58. The predicted molar refractivity (Wildman–Crippen MR) is 77.6 cm³/mol. The Kier molecular flexibility index (Phi) is 4.16. The molecule has 2 N–H and O–H groups in total. The molecule has 18 heavy (non-hydrogen) atoms. The third-order valence-corrected chi connectivity index (χ3v) is 3.70. The monoisotopic (exact) mass is 239 g/mol. The van der Waals surface area contributed by atoms with E-state index in [1.165, 1.54) is 11.1 Å². The van der Waals surface area contributed by atoms with Crippen LogP contribution in [0.5, 0.6) is 0 Å².